The van der Waals surface area contributed by atoms with Crippen LogP contribution in [0, 0.1) is 19.8 Å². The molecule has 0 saturated heterocycles. The molecule has 0 aliphatic carbocycles. The third kappa shape index (κ3) is 4.40. The number of imidazole rings is 1. The number of benzene rings is 1. The van der Waals surface area contributed by atoms with E-state index in [1.807, 2.05) is 25.1 Å². The topological polar surface area (TPSA) is 77.0 Å². The highest BCUT2D eigenvalue weighted by atomic mass is 32.2. The van der Waals surface area contributed by atoms with Crippen LogP contribution in [0.1, 0.15) is 52.9 Å². The van der Waals surface area contributed by atoms with E-state index in [1.165, 1.54) is 11.8 Å². The first-order valence-electron chi connectivity index (χ1n) is 9.81. The highest BCUT2D eigenvalue weighted by molar-refractivity contribution is 7.99. The number of para-hydroxylation sites is 2. The summed E-state index contributed by atoms with van der Waals surface area (Å²) in [4.78, 5) is 33.2. The summed E-state index contributed by atoms with van der Waals surface area (Å²) in [5.74, 6) is 0.0804. The summed E-state index contributed by atoms with van der Waals surface area (Å²) < 4.78 is 7.31. The number of aromatic amines is 1. The molecule has 0 saturated carbocycles. The summed E-state index contributed by atoms with van der Waals surface area (Å²) >= 11 is 1.41. The zero-order valence-electron chi connectivity index (χ0n) is 17.5. The number of carbonyl (C=O) groups is 2. The third-order valence-corrected chi connectivity index (χ3v) is 5.61. The number of thioether (sulfide) groups is 1. The van der Waals surface area contributed by atoms with Crippen LogP contribution in [0.3, 0.4) is 0 Å². The van der Waals surface area contributed by atoms with Gasteiger partial charge in [0.15, 0.2) is 10.9 Å². The Morgan fingerprint density at radius 2 is 1.86 bits per heavy atom. The van der Waals surface area contributed by atoms with E-state index in [1.54, 1.807) is 13.8 Å². The molecule has 3 aromatic rings. The Labute approximate surface area is 175 Å². The van der Waals surface area contributed by atoms with Gasteiger partial charge in [0.2, 0.25) is 0 Å². The molecule has 0 radical (unpaired) electrons. The summed E-state index contributed by atoms with van der Waals surface area (Å²) in [6.07, 6.45) is 0. The minimum Gasteiger partial charge on any atom is -0.462 e. The van der Waals surface area contributed by atoms with Gasteiger partial charge < -0.3 is 14.3 Å². The maximum atomic E-state index is 13.0. The van der Waals surface area contributed by atoms with Gasteiger partial charge in [0, 0.05) is 17.9 Å². The van der Waals surface area contributed by atoms with E-state index in [0.29, 0.717) is 28.4 Å². The number of hydrogen-bond donors (Lipinski definition) is 1. The fourth-order valence-corrected chi connectivity index (χ4v) is 4.39. The number of aryl methyl sites for hydroxylation is 2. The van der Waals surface area contributed by atoms with Crippen LogP contribution in [0.2, 0.25) is 0 Å². The molecule has 0 amide bonds. The standard InChI is InChI=1S/C22H27N3O3S/c1-6-28-21(27)20-15(5)23-14(4)19(20)18(26)12-29-22-24-16-9-7-8-10-17(16)25(22)11-13(2)3/h7-10,13,23H,6,11-12H2,1-5H3. The number of ether oxygens (including phenoxy) is 1. The molecule has 1 aromatic carbocycles. The molecule has 3 rings (SSSR count). The summed E-state index contributed by atoms with van der Waals surface area (Å²) in [7, 11) is 0. The Hall–Kier alpha value is -2.54. The number of H-pyrrole nitrogens is 1. The van der Waals surface area contributed by atoms with E-state index in [0.717, 1.165) is 22.7 Å². The fraction of sp³-hybridized carbons (Fsp3) is 0.409. The van der Waals surface area contributed by atoms with Crippen LogP contribution in [-0.4, -0.2) is 38.6 Å². The lowest BCUT2D eigenvalue weighted by atomic mass is 10.1. The van der Waals surface area contributed by atoms with Crippen LogP contribution in [0.4, 0.5) is 0 Å². The number of carbonyl (C=O) groups excluding carboxylic acids is 2. The van der Waals surface area contributed by atoms with Crippen LogP contribution in [0.15, 0.2) is 29.4 Å². The Balaban J connectivity index is 1.88. The maximum absolute atomic E-state index is 13.0. The average Bonchev–Trinajstić information content (AvgIpc) is 3.16. The Morgan fingerprint density at radius 1 is 1.17 bits per heavy atom. The van der Waals surface area contributed by atoms with Gasteiger partial charge in [0.1, 0.15) is 0 Å². The van der Waals surface area contributed by atoms with Gasteiger partial charge >= 0.3 is 5.97 Å². The molecule has 0 aliphatic heterocycles. The molecule has 0 unspecified atom stereocenters. The lowest BCUT2D eigenvalue weighted by Crippen LogP contribution is -2.14. The minimum absolute atomic E-state index is 0.108. The van der Waals surface area contributed by atoms with E-state index >= 15 is 0 Å². The highest BCUT2D eigenvalue weighted by Gasteiger charge is 2.26. The van der Waals surface area contributed by atoms with Gasteiger partial charge in [-0.2, -0.15) is 0 Å². The van der Waals surface area contributed by atoms with Crippen LogP contribution in [0.5, 0.6) is 0 Å². The molecule has 0 fully saturated rings. The summed E-state index contributed by atoms with van der Waals surface area (Å²) in [6.45, 7) is 10.8. The zero-order valence-corrected chi connectivity index (χ0v) is 18.4. The van der Waals surface area contributed by atoms with E-state index in [9.17, 15) is 9.59 Å². The molecule has 0 aliphatic rings. The van der Waals surface area contributed by atoms with Crippen LogP contribution in [-0.2, 0) is 11.3 Å². The molecule has 2 heterocycles. The van der Waals surface area contributed by atoms with Crippen molar-refractivity contribution < 1.29 is 14.3 Å². The van der Waals surface area contributed by atoms with Gasteiger partial charge in [0.25, 0.3) is 0 Å². The number of esters is 1. The molecule has 6 nitrogen and oxygen atoms in total. The molecule has 0 bridgehead atoms. The SMILES string of the molecule is CCOC(=O)c1c(C)[nH]c(C)c1C(=O)CSc1nc2ccccc2n1CC(C)C. The van der Waals surface area contributed by atoms with Crippen molar-refractivity contribution in [3.63, 3.8) is 0 Å². The molecule has 7 heteroatoms. The fourth-order valence-electron chi connectivity index (χ4n) is 3.50. The number of nitrogens with zero attached hydrogens (tertiary/aromatic N) is 2. The van der Waals surface area contributed by atoms with E-state index in [4.69, 9.17) is 9.72 Å². The van der Waals surface area contributed by atoms with Crippen molar-refractivity contribution >= 4 is 34.5 Å². The second-order valence-corrected chi connectivity index (χ2v) is 8.39. The number of ketones is 1. The van der Waals surface area contributed by atoms with Gasteiger partial charge in [-0.3, -0.25) is 4.79 Å². The average molecular weight is 414 g/mol. The molecule has 29 heavy (non-hydrogen) atoms. The van der Waals surface area contributed by atoms with Crippen molar-refractivity contribution in [3.8, 4) is 0 Å². The van der Waals surface area contributed by atoms with Crippen LogP contribution in [0.25, 0.3) is 11.0 Å². The van der Waals surface area contributed by atoms with Gasteiger partial charge in [-0.05, 0) is 38.8 Å². The predicted octanol–water partition coefficient (Wildman–Crippen LogP) is 4.79. The van der Waals surface area contributed by atoms with Crippen molar-refractivity contribution in [1.82, 2.24) is 14.5 Å². The molecule has 2 aromatic heterocycles. The molecule has 154 valence electrons. The lowest BCUT2D eigenvalue weighted by molar-refractivity contribution is 0.0522. The van der Waals surface area contributed by atoms with Crippen molar-refractivity contribution in [2.75, 3.05) is 12.4 Å². The van der Waals surface area contributed by atoms with Crippen molar-refractivity contribution in [1.29, 1.82) is 0 Å². The molecule has 0 atom stereocenters. The first kappa shape index (κ1) is 21.2. The first-order valence-corrected chi connectivity index (χ1v) is 10.8. The van der Waals surface area contributed by atoms with Gasteiger partial charge in [0.05, 0.1) is 34.5 Å². The summed E-state index contributed by atoms with van der Waals surface area (Å²) in [6, 6.07) is 8.00. The Morgan fingerprint density at radius 3 is 2.55 bits per heavy atom. The van der Waals surface area contributed by atoms with E-state index in [2.05, 4.69) is 29.5 Å². The van der Waals surface area contributed by atoms with Crippen molar-refractivity contribution in [2.24, 2.45) is 5.92 Å². The smallest absolute Gasteiger partial charge is 0.340 e. The Kier molecular flexibility index (Phi) is 6.47. The lowest BCUT2D eigenvalue weighted by Gasteiger charge is -2.11. The third-order valence-electron chi connectivity index (χ3n) is 4.63. The monoisotopic (exact) mass is 413 g/mol. The van der Waals surface area contributed by atoms with E-state index < -0.39 is 5.97 Å². The summed E-state index contributed by atoms with van der Waals surface area (Å²) in [5, 5.41) is 0.816. The molecular formula is C22H27N3O3S. The molecular weight excluding hydrogens is 386 g/mol. The second kappa shape index (κ2) is 8.86. The first-order chi connectivity index (χ1) is 13.8. The normalized spacial score (nSPS) is 11.4. The quantitative estimate of drug-likeness (QED) is 0.326. The zero-order chi connectivity index (χ0) is 21.1. The van der Waals surface area contributed by atoms with Gasteiger partial charge in [-0.15, -0.1) is 0 Å². The van der Waals surface area contributed by atoms with Gasteiger partial charge in [-0.1, -0.05) is 37.7 Å². The van der Waals surface area contributed by atoms with Crippen molar-refractivity contribution in [3.05, 3.63) is 46.8 Å². The number of hydrogen-bond acceptors (Lipinski definition) is 5. The van der Waals surface area contributed by atoms with Crippen LogP contribution >= 0.6 is 11.8 Å². The predicted molar refractivity (Wildman–Crippen MR) is 116 cm³/mol. The molecule has 0 spiro atoms. The number of nitrogens with one attached hydrogen (secondary N) is 1. The number of Topliss-reactive ketones (excluding diaryl/α,β-unsaturated/α-hetero) is 1. The Bertz CT molecular complexity index is 1050. The van der Waals surface area contributed by atoms with E-state index in [-0.39, 0.29) is 18.1 Å². The van der Waals surface area contributed by atoms with Crippen LogP contribution < -0.4 is 0 Å². The second-order valence-electron chi connectivity index (χ2n) is 7.44. The number of fused-ring (bicyclic) bond motifs is 1. The largest absolute Gasteiger partial charge is 0.462 e. The van der Waals surface area contributed by atoms with Gasteiger partial charge in [-0.25, -0.2) is 9.78 Å². The maximum Gasteiger partial charge on any atom is 0.340 e. The number of rotatable bonds is 8. The number of aromatic nitrogens is 3. The highest BCUT2D eigenvalue weighted by Crippen LogP contribution is 2.27. The van der Waals surface area contributed by atoms with Crippen molar-refractivity contribution in [2.45, 2.75) is 46.3 Å². The minimum atomic E-state index is -0.463. The molecule has 1 N–H and O–H groups in total. The summed E-state index contributed by atoms with van der Waals surface area (Å²) in [5.41, 5.74) is 4.08.